The van der Waals surface area contributed by atoms with Gasteiger partial charge in [0.25, 0.3) is 5.91 Å². The Kier molecular flexibility index (Phi) is 4.53. The summed E-state index contributed by atoms with van der Waals surface area (Å²) in [5, 5.41) is 1.15. The molecule has 0 saturated carbocycles. The Labute approximate surface area is 158 Å². The SMILES string of the molecule is Cn1c(CN(C[C@@H]2COC(C)(C)O2)C(=O)c2ccco2)cc2ccccc21. The Morgan fingerprint density at radius 3 is 2.74 bits per heavy atom. The summed E-state index contributed by atoms with van der Waals surface area (Å²) in [5.41, 5.74) is 2.19. The van der Waals surface area contributed by atoms with Crippen LogP contribution in [0.5, 0.6) is 0 Å². The van der Waals surface area contributed by atoms with Crippen LogP contribution in [0.4, 0.5) is 0 Å². The highest BCUT2D eigenvalue weighted by Gasteiger charge is 2.35. The molecule has 27 heavy (non-hydrogen) atoms. The van der Waals surface area contributed by atoms with Gasteiger partial charge in [-0.3, -0.25) is 4.79 Å². The van der Waals surface area contributed by atoms with Gasteiger partial charge in [0.2, 0.25) is 0 Å². The second-order valence-electron chi connectivity index (χ2n) is 7.37. The molecule has 1 aliphatic rings. The molecular weight excluding hydrogens is 344 g/mol. The highest BCUT2D eigenvalue weighted by Crippen LogP contribution is 2.25. The minimum atomic E-state index is -0.621. The summed E-state index contributed by atoms with van der Waals surface area (Å²) in [5.74, 6) is -0.450. The first kappa shape index (κ1) is 17.8. The fourth-order valence-corrected chi connectivity index (χ4v) is 3.57. The Morgan fingerprint density at radius 2 is 2.07 bits per heavy atom. The molecule has 0 unspecified atom stereocenters. The zero-order valence-corrected chi connectivity index (χ0v) is 15.8. The number of rotatable bonds is 5. The van der Waals surface area contributed by atoms with Crippen molar-refractivity contribution in [3.8, 4) is 0 Å². The number of hydrogen-bond donors (Lipinski definition) is 0. The summed E-state index contributed by atoms with van der Waals surface area (Å²) in [7, 11) is 2.02. The maximum atomic E-state index is 13.0. The van der Waals surface area contributed by atoms with Crippen LogP contribution in [0.1, 0.15) is 30.1 Å². The van der Waals surface area contributed by atoms with Crippen molar-refractivity contribution in [3.05, 3.63) is 60.2 Å². The van der Waals surface area contributed by atoms with E-state index in [0.29, 0.717) is 25.5 Å². The quantitative estimate of drug-likeness (QED) is 0.691. The van der Waals surface area contributed by atoms with E-state index >= 15 is 0 Å². The van der Waals surface area contributed by atoms with Gasteiger partial charge in [-0.25, -0.2) is 0 Å². The van der Waals surface area contributed by atoms with E-state index in [1.807, 2.05) is 33.0 Å². The number of aryl methyl sites for hydroxylation is 1. The van der Waals surface area contributed by atoms with Crippen molar-refractivity contribution >= 4 is 16.8 Å². The third-order valence-corrected chi connectivity index (χ3v) is 4.91. The van der Waals surface area contributed by atoms with E-state index in [1.165, 1.54) is 6.26 Å². The van der Waals surface area contributed by atoms with Crippen molar-refractivity contribution in [1.29, 1.82) is 0 Å². The van der Waals surface area contributed by atoms with Crippen molar-refractivity contribution in [3.63, 3.8) is 0 Å². The van der Waals surface area contributed by atoms with Crippen LogP contribution in [-0.2, 0) is 23.1 Å². The summed E-state index contributed by atoms with van der Waals surface area (Å²) in [4.78, 5) is 14.8. The molecule has 1 aromatic carbocycles. The third-order valence-electron chi connectivity index (χ3n) is 4.91. The number of furan rings is 1. The molecule has 1 aliphatic heterocycles. The van der Waals surface area contributed by atoms with Gasteiger partial charge in [-0.15, -0.1) is 0 Å². The van der Waals surface area contributed by atoms with Crippen molar-refractivity contribution in [2.45, 2.75) is 32.3 Å². The van der Waals surface area contributed by atoms with E-state index in [2.05, 4.69) is 22.8 Å². The minimum Gasteiger partial charge on any atom is -0.459 e. The molecule has 3 aromatic rings. The molecule has 1 amide bonds. The Balaban J connectivity index is 1.60. The summed E-state index contributed by atoms with van der Waals surface area (Å²) in [6, 6.07) is 13.7. The number of amides is 1. The average Bonchev–Trinajstić information content (AvgIpc) is 3.35. The first-order valence-corrected chi connectivity index (χ1v) is 9.11. The molecule has 1 atom stereocenters. The van der Waals surface area contributed by atoms with E-state index in [1.54, 1.807) is 17.0 Å². The van der Waals surface area contributed by atoms with Crippen LogP contribution in [0.3, 0.4) is 0 Å². The number of nitrogens with zero attached hydrogens (tertiary/aromatic N) is 2. The van der Waals surface area contributed by atoms with Crippen LogP contribution in [0.15, 0.2) is 53.1 Å². The molecule has 2 aromatic heterocycles. The second kappa shape index (κ2) is 6.87. The Bertz CT molecular complexity index is 942. The van der Waals surface area contributed by atoms with Crippen LogP contribution in [0, 0.1) is 0 Å². The summed E-state index contributed by atoms with van der Waals surface area (Å²) in [6.07, 6.45) is 1.34. The highest BCUT2D eigenvalue weighted by atomic mass is 16.7. The lowest BCUT2D eigenvalue weighted by Crippen LogP contribution is -2.39. The molecule has 0 N–H and O–H groups in total. The monoisotopic (exact) mass is 368 g/mol. The van der Waals surface area contributed by atoms with E-state index in [-0.39, 0.29) is 12.0 Å². The molecule has 1 fully saturated rings. The van der Waals surface area contributed by atoms with Crippen molar-refractivity contribution < 1.29 is 18.7 Å². The molecule has 0 spiro atoms. The Morgan fingerprint density at radius 1 is 1.26 bits per heavy atom. The number of carbonyl (C=O) groups is 1. The van der Waals surface area contributed by atoms with Gasteiger partial charge in [-0.2, -0.15) is 0 Å². The number of carbonyl (C=O) groups excluding carboxylic acids is 1. The molecule has 0 radical (unpaired) electrons. The standard InChI is InChI=1S/C21H24N2O4/c1-21(2)26-14-17(27-21)13-23(20(24)19-9-6-10-25-19)12-16-11-15-7-4-5-8-18(15)22(16)3/h4-11,17H,12-14H2,1-3H3/t17-/m1/s1. The maximum absolute atomic E-state index is 13.0. The molecule has 3 heterocycles. The fraction of sp³-hybridized carbons (Fsp3) is 0.381. The van der Waals surface area contributed by atoms with E-state index in [4.69, 9.17) is 13.9 Å². The van der Waals surface area contributed by atoms with E-state index in [0.717, 1.165) is 16.6 Å². The van der Waals surface area contributed by atoms with Crippen LogP contribution in [0.2, 0.25) is 0 Å². The lowest BCUT2D eigenvalue weighted by molar-refractivity contribution is -0.139. The van der Waals surface area contributed by atoms with Crippen LogP contribution < -0.4 is 0 Å². The van der Waals surface area contributed by atoms with E-state index < -0.39 is 5.79 Å². The number of fused-ring (bicyclic) bond motifs is 1. The lowest BCUT2D eigenvalue weighted by Gasteiger charge is -2.25. The zero-order valence-electron chi connectivity index (χ0n) is 15.8. The number of ether oxygens (including phenoxy) is 2. The van der Waals surface area contributed by atoms with E-state index in [9.17, 15) is 4.79 Å². The van der Waals surface area contributed by atoms with Gasteiger partial charge in [-0.05, 0) is 43.5 Å². The molecule has 1 saturated heterocycles. The average molecular weight is 368 g/mol. The normalized spacial score (nSPS) is 18.9. The topological polar surface area (TPSA) is 56.8 Å². The highest BCUT2D eigenvalue weighted by molar-refractivity contribution is 5.91. The molecule has 142 valence electrons. The largest absolute Gasteiger partial charge is 0.459 e. The van der Waals surface area contributed by atoms with Gasteiger partial charge in [0, 0.05) is 18.3 Å². The van der Waals surface area contributed by atoms with Crippen LogP contribution in [0.25, 0.3) is 10.9 Å². The molecule has 6 heteroatoms. The van der Waals surface area contributed by atoms with Gasteiger partial charge in [0.15, 0.2) is 11.5 Å². The third kappa shape index (κ3) is 3.63. The second-order valence-corrected chi connectivity index (χ2v) is 7.37. The van der Waals surface area contributed by atoms with Crippen molar-refractivity contribution in [2.24, 2.45) is 7.05 Å². The predicted molar refractivity (Wildman–Crippen MR) is 101 cm³/mol. The maximum Gasteiger partial charge on any atom is 0.289 e. The predicted octanol–water partition coefficient (Wildman–Crippen LogP) is 3.57. The van der Waals surface area contributed by atoms with Gasteiger partial charge in [0.1, 0.15) is 6.10 Å². The minimum absolute atomic E-state index is 0.154. The lowest BCUT2D eigenvalue weighted by atomic mass is 10.2. The van der Waals surface area contributed by atoms with Gasteiger partial charge in [-0.1, -0.05) is 18.2 Å². The summed E-state index contributed by atoms with van der Waals surface area (Å²) in [6.45, 7) is 5.13. The first-order valence-electron chi connectivity index (χ1n) is 9.11. The number of benzene rings is 1. The summed E-state index contributed by atoms with van der Waals surface area (Å²) >= 11 is 0. The zero-order chi connectivity index (χ0) is 19.0. The molecule has 0 bridgehead atoms. The first-order chi connectivity index (χ1) is 12.9. The fourth-order valence-electron chi connectivity index (χ4n) is 3.57. The molecule has 0 aliphatic carbocycles. The van der Waals surface area contributed by atoms with Gasteiger partial charge in [0.05, 0.1) is 26.0 Å². The Hall–Kier alpha value is -2.57. The van der Waals surface area contributed by atoms with Crippen LogP contribution >= 0.6 is 0 Å². The smallest absolute Gasteiger partial charge is 0.289 e. The van der Waals surface area contributed by atoms with Crippen molar-refractivity contribution in [2.75, 3.05) is 13.2 Å². The molecule has 6 nitrogen and oxygen atoms in total. The van der Waals surface area contributed by atoms with Gasteiger partial charge >= 0.3 is 0 Å². The number of hydrogen-bond acceptors (Lipinski definition) is 4. The van der Waals surface area contributed by atoms with Crippen LogP contribution in [-0.4, -0.2) is 40.4 Å². The van der Waals surface area contributed by atoms with Gasteiger partial charge < -0.3 is 23.4 Å². The molecule has 4 rings (SSSR count). The summed E-state index contributed by atoms with van der Waals surface area (Å²) < 4.78 is 19.0. The number of para-hydroxylation sites is 1. The van der Waals surface area contributed by atoms with Crippen molar-refractivity contribution in [1.82, 2.24) is 9.47 Å². The number of aromatic nitrogens is 1. The molecular formula is C21H24N2O4.